The van der Waals surface area contributed by atoms with Crippen LogP contribution in [-0.2, 0) is 25.7 Å². The lowest BCUT2D eigenvalue weighted by atomic mass is 9.92. The molecule has 0 radical (unpaired) electrons. The van der Waals surface area contributed by atoms with Crippen molar-refractivity contribution < 1.29 is 22.3 Å². The van der Waals surface area contributed by atoms with Crippen LogP contribution in [0.1, 0.15) is 33.3 Å². The molecule has 1 fully saturated rings. The number of amides is 1. The van der Waals surface area contributed by atoms with E-state index in [9.17, 15) is 13.4 Å². The number of hydrogen-bond acceptors (Lipinski definition) is 4. The van der Waals surface area contributed by atoms with Gasteiger partial charge in [0, 0.05) is 10.0 Å². The molecule has 0 N–H and O–H groups in total. The highest BCUT2D eigenvalue weighted by Crippen LogP contribution is 2.39. The Morgan fingerprint density at radius 1 is 1.50 bits per heavy atom. The highest BCUT2D eigenvalue weighted by molar-refractivity contribution is 9.10. The number of halogens is 2. The molecular weight excluding hydrogens is 377 g/mol. The second-order valence-electron chi connectivity index (χ2n) is 6.15. The number of ether oxygens (including phenoxy) is 1. The van der Waals surface area contributed by atoms with E-state index >= 15 is 0 Å². The zero-order valence-electron chi connectivity index (χ0n) is 12.7. The minimum absolute atomic E-state index is 0.0910. The van der Waals surface area contributed by atoms with Crippen molar-refractivity contribution in [1.29, 1.82) is 0 Å². The van der Waals surface area contributed by atoms with Gasteiger partial charge in [-0.25, -0.2) is 13.4 Å². The molecular formula is C14H17BrFNO4S. The Kier molecular flexibility index (Phi) is 4.66. The standard InChI is InChI=1S/C14H17BrFNO4S/c1-13(2,3)21-12(18)17-14(4,8-20-22(17)19)10-7-9(15)5-6-11(10)16/h5-7H,8H2,1-4H3/t14-,22?/m0/s1. The lowest BCUT2D eigenvalue weighted by Gasteiger charge is -2.33. The van der Waals surface area contributed by atoms with Crippen LogP contribution < -0.4 is 0 Å². The highest BCUT2D eigenvalue weighted by atomic mass is 79.9. The third-order valence-electron chi connectivity index (χ3n) is 3.11. The first-order valence-electron chi connectivity index (χ1n) is 6.58. The second-order valence-corrected chi connectivity index (χ2v) is 8.10. The zero-order chi connectivity index (χ0) is 16.7. The minimum Gasteiger partial charge on any atom is -0.443 e. The van der Waals surface area contributed by atoms with E-state index in [2.05, 4.69) is 15.9 Å². The summed E-state index contributed by atoms with van der Waals surface area (Å²) in [6.07, 6.45) is -0.815. The third-order valence-corrected chi connectivity index (χ3v) is 4.77. The smallest absolute Gasteiger partial charge is 0.424 e. The van der Waals surface area contributed by atoms with Crippen LogP contribution in [0.25, 0.3) is 0 Å². The molecule has 122 valence electrons. The normalized spacial score (nSPS) is 25.4. The number of hydrogen-bond donors (Lipinski definition) is 0. The monoisotopic (exact) mass is 393 g/mol. The summed E-state index contributed by atoms with van der Waals surface area (Å²) >= 11 is 1.24. The molecule has 1 aromatic carbocycles. The summed E-state index contributed by atoms with van der Waals surface area (Å²) in [5.41, 5.74) is -1.78. The van der Waals surface area contributed by atoms with Gasteiger partial charge in [-0.3, -0.25) is 4.18 Å². The topological polar surface area (TPSA) is 55.8 Å². The SMILES string of the molecule is CC(C)(C)OC(=O)N1S(=O)OC[C@@]1(C)c1cc(Br)ccc1F. The van der Waals surface area contributed by atoms with Gasteiger partial charge < -0.3 is 4.74 Å². The van der Waals surface area contributed by atoms with Crippen LogP contribution in [0, 0.1) is 5.82 Å². The average molecular weight is 394 g/mol. The largest absolute Gasteiger partial charge is 0.443 e. The highest BCUT2D eigenvalue weighted by Gasteiger charge is 2.50. The second kappa shape index (κ2) is 5.90. The van der Waals surface area contributed by atoms with Crippen LogP contribution >= 0.6 is 15.9 Å². The maximum absolute atomic E-state index is 14.2. The molecule has 0 spiro atoms. The van der Waals surface area contributed by atoms with Gasteiger partial charge in [0.1, 0.15) is 17.0 Å². The lowest BCUT2D eigenvalue weighted by molar-refractivity contribution is 0.0268. The zero-order valence-corrected chi connectivity index (χ0v) is 15.1. The minimum atomic E-state index is -2.03. The van der Waals surface area contributed by atoms with Crippen LogP contribution in [0.5, 0.6) is 0 Å². The van der Waals surface area contributed by atoms with Crippen LogP contribution in [0.15, 0.2) is 22.7 Å². The van der Waals surface area contributed by atoms with Crippen LogP contribution in [-0.4, -0.2) is 26.8 Å². The quantitative estimate of drug-likeness (QED) is 0.730. The van der Waals surface area contributed by atoms with Crippen molar-refractivity contribution in [1.82, 2.24) is 4.31 Å². The van der Waals surface area contributed by atoms with Crippen molar-refractivity contribution in [3.63, 3.8) is 0 Å². The van der Waals surface area contributed by atoms with Crippen molar-refractivity contribution in [2.24, 2.45) is 0 Å². The van der Waals surface area contributed by atoms with Gasteiger partial charge in [-0.15, -0.1) is 0 Å². The van der Waals surface area contributed by atoms with E-state index in [0.717, 1.165) is 4.31 Å². The summed E-state index contributed by atoms with van der Waals surface area (Å²) in [7, 11) is 0. The molecule has 0 saturated carbocycles. The van der Waals surface area contributed by atoms with Gasteiger partial charge >= 0.3 is 6.09 Å². The number of rotatable bonds is 1. The number of benzene rings is 1. The third kappa shape index (κ3) is 3.33. The first-order chi connectivity index (χ1) is 10.0. The lowest BCUT2D eigenvalue weighted by Crippen LogP contribution is -2.47. The van der Waals surface area contributed by atoms with Crippen LogP contribution in [0.2, 0.25) is 0 Å². The van der Waals surface area contributed by atoms with E-state index in [4.69, 9.17) is 8.92 Å². The van der Waals surface area contributed by atoms with E-state index in [1.165, 1.54) is 6.07 Å². The van der Waals surface area contributed by atoms with Crippen LogP contribution in [0.4, 0.5) is 9.18 Å². The molecule has 0 bridgehead atoms. The first kappa shape index (κ1) is 17.4. The van der Waals surface area contributed by atoms with Gasteiger partial charge in [0.15, 0.2) is 0 Å². The molecule has 8 heteroatoms. The summed E-state index contributed by atoms with van der Waals surface area (Å²) in [6, 6.07) is 4.37. The molecule has 2 atom stereocenters. The van der Waals surface area contributed by atoms with E-state index < -0.39 is 34.3 Å². The Morgan fingerprint density at radius 3 is 2.73 bits per heavy atom. The molecule has 1 aromatic rings. The Bertz CT molecular complexity index is 634. The average Bonchev–Trinajstić information content (AvgIpc) is 2.67. The van der Waals surface area contributed by atoms with E-state index in [0.29, 0.717) is 4.47 Å². The predicted octanol–water partition coefficient (Wildman–Crippen LogP) is 3.65. The fourth-order valence-electron chi connectivity index (χ4n) is 2.10. The Labute approximate surface area is 139 Å². The van der Waals surface area contributed by atoms with Gasteiger partial charge in [0.05, 0.1) is 6.61 Å². The van der Waals surface area contributed by atoms with Crippen molar-refractivity contribution in [2.45, 2.75) is 38.8 Å². The van der Waals surface area contributed by atoms with E-state index in [1.807, 2.05) is 0 Å². The first-order valence-corrected chi connectivity index (χ1v) is 8.41. The van der Waals surface area contributed by atoms with Crippen molar-refractivity contribution >= 4 is 33.3 Å². The summed E-state index contributed by atoms with van der Waals surface area (Å²) in [5.74, 6) is -0.512. The summed E-state index contributed by atoms with van der Waals surface area (Å²) in [4.78, 5) is 12.4. The predicted molar refractivity (Wildman–Crippen MR) is 83.6 cm³/mol. The molecule has 1 aliphatic rings. The summed E-state index contributed by atoms with van der Waals surface area (Å²) < 4.78 is 38.2. The van der Waals surface area contributed by atoms with Gasteiger partial charge in [-0.05, 0) is 45.9 Å². The molecule has 1 saturated heterocycles. The summed E-state index contributed by atoms with van der Waals surface area (Å²) in [5, 5.41) is 0. The maximum atomic E-state index is 14.2. The Balaban J connectivity index is 2.45. The molecule has 1 heterocycles. The molecule has 2 rings (SSSR count). The molecule has 1 unspecified atom stereocenters. The molecule has 0 aliphatic carbocycles. The Morgan fingerprint density at radius 2 is 2.14 bits per heavy atom. The van der Waals surface area contributed by atoms with Gasteiger partial charge in [-0.2, -0.15) is 4.31 Å². The molecule has 0 aromatic heterocycles. The molecule has 1 amide bonds. The van der Waals surface area contributed by atoms with E-state index in [-0.39, 0.29) is 12.2 Å². The number of carbonyl (C=O) groups is 1. The molecule has 22 heavy (non-hydrogen) atoms. The van der Waals surface area contributed by atoms with Crippen molar-refractivity contribution in [3.05, 3.63) is 34.1 Å². The number of carbonyl (C=O) groups excluding carboxylic acids is 1. The van der Waals surface area contributed by atoms with Crippen LogP contribution in [0.3, 0.4) is 0 Å². The number of nitrogens with zero attached hydrogens (tertiary/aromatic N) is 1. The molecule has 5 nitrogen and oxygen atoms in total. The van der Waals surface area contributed by atoms with Gasteiger partial charge in [-0.1, -0.05) is 15.9 Å². The van der Waals surface area contributed by atoms with Gasteiger partial charge in [0.25, 0.3) is 11.3 Å². The van der Waals surface area contributed by atoms with E-state index in [1.54, 1.807) is 39.8 Å². The summed E-state index contributed by atoms with van der Waals surface area (Å²) in [6.45, 7) is 6.59. The Hall–Kier alpha value is -0.990. The fraction of sp³-hybridized carbons (Fsp3) is 0.500. The fourth-order valence-corrected chi connectivity index (χ4v) is 3.54. The molecule has 1 aliphatic heterocycles. The van der Waals surface area contributed by atoms with Crippen molar-refractivity contribution in [3.8, 4) is 0 Å². The van der Waals surface area contributed by atoms with Crippen molar-refractivity contribution in [2.75, 3.05) is 6.61 Å². The van der Waals surface area contributed by atoms with Gasteiger partial charge in [0.2, 0.25) is 0 Å². The maximum Gasteiger partial charge on any atom is 0.424 e.